The number of hydrogen-bond donors (Lipinski definition) is 0. The van der Waals surface area contributed by atoms with Crippen LogP contribution in [0.1, 0.15) is 11.7 Å². The normalized spacial score (nSPS) is 14.1. The Hall–Kier alpha value is -0.683. The molecule has 1 atom stereocenters. The lowest BCUT2D eigenvalue weighted by Gasteiger charge is -2.34. The van der Waals surface area contributed by atoms with Crippen molar-refractivity contribution in [1.29, 1.82) is 0 Å². The standard InChI is InChI=1S/C11H18O3Si/c1-12-10(11(15,13-2)14-3)9-7-5-4-6-8-9/h4-8,10H,1-3,15H3. The zero-order chi connectivity index (χ0) is 11.3. The van der Waals surface area contributed by atoms with Crippen LogP contribution in [0.25, 0.3) is 0 Å². The van der Waals surface area contributed by atoms with Crippen LogP contribution in [0.2, 0.25) is 0 Å². The number of ether oxygens (including phenoxy) is 3. The van der Waals surface area contributed by atoms with Crippen LogP contribution < -0.4 is 0 Å². The number of hydrogen-bond acceptors (Lipinski definition) is 3. The molecule has 1 aromatic carbocycles. The van der Waals surface area contributed by atoms with Crippen molar-refractivity contribution < 1.29 is 14.2 Å². The molecule has 0 amide bonds. The Morgan fingerprint density at radius 2 is 1.60 bits per heavy atom. The van der Waals surface area contributed by atoms with Gasteiger partial charge in [-0.1, -0.05) is 30.3 Å². The van der Waals surface area contributed by atoms with Gasteiger partial charge >= 0.3 is 0 Å². The zero-order valence-corrected chi connectivity index (χ0v) is 11.7. The van der Waals surface area contributed by atoms with Crippen LogP contribution in [0.5, 0.6) is 0 Å². The monoisotopic (exact) mass is 226 g/mol. The van der Waals surface area contributed by atoms with E-state index in [1.807, 2.05) is 30.3 Å². The van der Waals surface area contributed by atoms with Crippen molar-refractivity contribution in [3.63, 3.8) is 0 Å². The summed E-state index contributed by atoms with van der Waals surface area (Å²) in [5.74, 6) is 0. The van der Waals surface area contributed by atoms with Crippen molar-refractivity contribution in [3.8, 4) is 0 Å². The molecule has 0 fully saturated rings. The minimum atomic E-state index is -0.629. The Balaban J connectivity index is 2.98. The predicted molar refractivity (Wildman–Crippen MR) is 62.9 cm³/mol. The van der Waals surface area contributed by atoms with Crippen molar-refractivity contribution in [2.24, 2.45) is 0 Å². The largest absolute Gasteiger partial charge is 0.372 e. The van der Waals surface area contributed by atoms with Gasteiger partial charge in [-0.3, -0.25) is 0 Å². The lowest BCUT2D eigenvalue weighted by Crippen LogP contribution is -2.42. The molecule has 0 heterocycles. The first-order valence-electron chi connectivity index (χ1n) is 4.86. The van der Waals surface area contributed by atoms with Crippen LogP contribution in [-0.2, 0) is 14.2 Å². The summed E-state index contributed by atoms with van der Waals surface area (Å²) in [5, 5.41) is 0. The maximum Gasteiger partial charge on any atom is 0.169 e. The molecular formula is C11H18O3Si. The lowest BCUT2D eigenvalue weighted by atomic mass is 10.1. The Kier molecular flexibility index (Phi) is 4.47. The summed E-state index contributed by atoms with van der Waals surface area (Å²) in [7, 11) is 5.69. The molecule has 0 radical (unpaired) electrons. The zero-order valence-electron chi connectivity index (χ0n) is 9.69. The van der Waals surface area contributed by atoms with Crippen molar-refractivity contribution >= 4 is 10.2 Å². The molecular weight excluding hydrogens is 208 g/mol. The van der Waals surface area contributed by atoms with E-state index in [1.54, 1.807) is 21.3 Å². The molecule has 0 N–H and O–H groups in total. The van der Waals surface area contributed by atoms with Crippen molar-refractivity contribution in [1.82, 2.24) is 0 Å². The molecule has 0 aliphatic heterocycles. The second kappa shape index (κ2) is 5.41. The second-order valence-corrected chi connectivity index (χ2v) is 4.84. The van der Waals surface area contributed by atoms with Crippen LogP contribution in [0, 0.1) is 0 Å². The van der Waals surface area contributed by atoms with Gasteiger partial charge in [0.2, 0.25) is 0 Å². The summed E-state index contributed by atoms with van der Waals surface area (Å²) in [6.45, 7) is 0. The van der Waals surface area contributed by atoms with Gasteiger partial charge in [0.1, 0.15) is 6.10 Å². The van der Waals surface area contributed by atoms with Crippen LogP contribution in [0.3, 0.4) is 0 Å². The van der Waals surface area contributed by atoms with E-state index in [4.69, 9.17) is 14.2 Å². The van der Waals surface area contributed by atoms with Crippen molar-refractivity contribution in [2.45, 2.75) is 11.5 Å². The average molecular weight is 226 g/mol. The van der Waals surface area contributed by atoms with Crippen molar-refractivity contribution in [3.05, 3.63) is 35.9 Å². The van der Waals surface area contributed by atoms with Crippen LogP contribution >= 0.6 is 0 Å². The van der Waals surface area contributed by atoms with Gasteiger partial charge in [0.25, 0.3) is 0 Å². The van der Waals surface area contributed by atoms with Gasteiger partial charge in [-0.05, 0) is 5.56 Å². The van der Waals surface area contributed by atoms with E-state index < -0.39 is 5.41 Å². The molecule has 4 heteroatoms. The van der Waals surface area contributed by atoms with Gasteiger partial charge in [-0.25, -0.2) is 0 Å². The molecule has 0 aliphatic rings. The van der Waals surface area contributed by atoms with Crippen LogP contribution in [-0.4, -0.2) is 37.0 Å². The highest BCUT2D eigenvalue weighted by Gasteiger charge is 2.35. The number of methoxy groups -OCH3 is 3. The van der Waals surface area contributed by atoms with Crippen LogP contribution in [0.4, 0.5) is 0 Å². The maximum atomic E-state index is 5.47. The molecule has 15 heavy (non-hydrogen) atoms. The van der Waals surface area contributed by atoms with Crippen LogP contribution in [0.15, 0.2) is 30.3 Å². The highest BCUT2D eigenvalue weighted by atomic mass is 28.1. The summed E-state index contributed by atoms with van der Waals surface area (Å²) in [5.41, 5.74) is 0.439. The first-order valence-corrected chi connectivity index (χ1v) is 5.86. The first kappa shape index (κ1) is 12.4. The molecule has 3 nitrogen and oxygen atoms in total. The minimum Gasteiger partial charge on any atom is -0.372 e. The maximum absolute atomic E-state index is 5.47. The van der Waals surface area contributed by atoms with Crippen molar-refractivity contribution in [2.75, 3.05) is 21.3 Å². The molecule has 0 saturated carbocycles. The quantitative estimate of drug-likeness (QED) is 0.546. The Labute approximate surface area is 93.8 Å². The van der Waals surface area contributed by atoms with Gasteiger partial charge in [0.15, 0.2) is 5.41 Å². The van der Waals surface area contributed by atoms with Gasteiger partial charge in [0, 0.05) is 21.3 Å². The molecule has 0 saturated heterocycles. The van der Waals surface area contributed by atoms with Gasteiger partial charge in [0.05, 0.1) is 10.2 Å². The molecule has 1 unspecified atom stereocenters. The molecule has 1 rings (SSSR count). The fraction of sp³-hybridized carbons (Fsp3) is 0.455. The predicted octanol–water partition coefficient (Wildman–Crippen LogP) is 0.686. The third-order valence-electron chi connectivity index (χ3n) is 2.62. The van der Waals surface area contributed by atoms with E-state index in [0.29, 0.717) is 0 Å². The highest BCUT2D eigenvalue weighted by Crippen LogP contribution is 2.29. The number of benzene rings is 1. The van der Waals surface area contributed by atoms with E-state index >= 15 is 0 Å². The van der Waals surface area contributed by atoms with E-state index in [0.717, 1.165) is 15.8 Å². The summed E-state index contributed by atoms with van der Waals surface area (Å²) < 4.78 is 16.3. The van der Waals surface area contributed by atoms with Gasteiger partial charge in [-0.2, -0.15) is 0 Å². The molecule has 84 valence electrons. The Morgan fingerprint density at radius 3 is 2.00 bits per heavy atom. The van der Waals surface area contributed by atoms with E-state index in [2.05, 4.69) is 0 Å². The van der Waals surface area contributed by atoms with E-state index in [-0.39, 0.29) is 6.10 Å². The lowest BCUT2D eigenvalue weighted by molar-refractivity contribution is -0.210. The third kappa shape index (κ3) is 2.66. The summed E-state index contributed by atoms with van der Waals surface area (Å²) in [6.07, 6.45) is -0.180. The summed E-state index contributed by atoms with van der Waals surface area (Å²) in [4.78, 5) is 0. The minimum absolute atomic E-state index is 0.180. The second-order valence-electron chi connectivity index (χ2n) is 3.45. The molecule has 1 aromatic rings. The summed E-state index contributed by atoms with van der Waals surface area (Å²) in [6, 6.07) is 9.96. The number of rotatable bonds is 5. The van der Waals surface area contributed by atoms with Gasteiger partial charge in [-0.15, -0.1) is 0 Å². The van der Waals surface area contributed by atoms with E-state index in [1.165, 1.54) is 0 Å². The smallest absolute Gasteiger partial charge is 0.169 e. The van der Waals surface area contributed by atoms with E-state index in [9.17, 15) is 0 Å². The molecule has 0 aromatic heterocycles. The van der Waals surface area contributed by atoms with Gasteiger partial charge < -0.3 is 14.2 Å². The average Bonchev–Trinajstić information content (AvgIpc) is 2.31. The topological polar surface area (TPSA) is 27.7 Å². The molecule has 0 spiro atoms. The Morgan fingerprint density at radius 1 is 1.07 bits per heavy atom. The molecule has 0 bridgehead atoms. The SMILES string of the molecule is COC(c1ccccc1)C([SiH3])(OC)OC. The fourth-order valence-corrected chi connectivity index (χ4v) is 2.15. The molecule has 0 aliphatic carbocycles. The third-order valence-corrected chi connectivity index (χ3v) is 3.97. The Bertz CT molecular complexity index is 285. The summed E-state index contributed by atoms with van der Waals surface area (Å²) >= 11 is 0. The first-order chi connectivity index (χ1) is 7.18. The highest BCUT2D eigenvalue weighted by molar-refractivity contribution is 6.13. The fourth-order valence-electron chi connectivity index (χ4n) is 1.58.